The van der Waals surface area contributed by atoms with Gasteiger partial charge in [0.2, 0.25) is 0 Å². The van der Waals surface area contributed by atoms with Gasteiger partial charge >= 0.3 is 0 Å². The first-order valence-electron chi connectivity index (χ1n) is 6.73. The summed E-state index contributed by atoms with van der Waals surface area (Å²) < 4.78 is 1.17. The lowest BCUT2D eigenvalue weighted by molar-refractivity contribution is 0.0955. The van der Waals surface area contributed by atoms with Gasteiger partial charge in [-0.3, -0.25) is 4.79 Å². The van der Waals surface area contributed by atoms with Crippen molar-refractivity contribution in [2.45, 2.75) is 19.6 Å². The average Bonchev–Trinajstić information content (AvgIpc) is 2.84. The van der Waals surface area contributed by atoms with E-state index in [1.807, 2.05) is 43.8 Å². The molecular formula is C16H18BrNOS2. The van der Waals surface area contributed by atoms with Gasteiger partial charge in [-0.25, -0.2) is 0 Å². The predicted octanol–water partition coefficient (Wildman–Crippen LogP) is 4.79. The van der Waals surface area contributed by atoms with E-state index in [9.17, 15) is 4.79 Å². The van der Waals surface area contributed by atoms with Crippen LogP contribution in [0.4, 0.5) is 0 Å². The Kier molecular flexibility index (Phi) is 6.33. The van der Waals surface area contributed by atoms with Gasteiger partial charge in [-0.15, -0.1) is 11.3 Å². The Hall–Kier alpha value is -0.780. The quantitative estimate of drug-likeness (QED) is 0.726. The number of carbonyl (C=O) groups excluding carboxylic acids is 1. The molecule has 0 saturated heterocycles. The molecule has 2 nitrogen and oxygen atoms in total. The summed E-state index contributed by atoms with van der Waals surface area (Å²) >= 11 is 7.06. The smallest absolute Gasteiger partial charge is 0.251 e. The van der Waals surface area contributed by atoms with Crippen LogP contribution in [0, 0.1) is 13.8 Å². The van der Waals surface area contributed by atoms with E-state index in [-0.39, 0.29) is 5.91 Å². The first kappa shape index (κ1) is 16.6. The van der Waals surface area contributed by atoms with Crippen LogP contribution in [0.1, 0.15) is 26.4 Å². The van der Waals surface area contributed by atoms with Crippen molar-refractivity contribution < 1.29 is 4.79 Å². The van der Waals surface area contributed by atoms with Crippen molar-refractivity contribution in [2.75, 3.05) is 12.3 Å². The maximum Gasteiger partial charge on any atom is 0.251 e. The largest absolute Gasteiger partial charge is 0.351 e. The molecule has 0 spiro atoms. The second-order valence-corrected chi connectivity index (χ2v) is 8.49. The summed E-state index contributed by atoms with van der Waals surface area (Å²) in [5.74, 6) is 1.94. The van der Waals surface area contributed by atoms with Crippen molar-refractivity contribution in [3.05, 3.63) is 55.7 Å². The van der Waals surface area contributed by atoms with Gasteiger partial charge in [0.05, 0.1) is 3.79 Å². The van der Waals surface area contributed by atoms with Crippen LogP contribution in [0.3, 0.4) is 0 Å². The van der Waals surface area contributed by atoms with E-state index < -0.39 is 0 Å². The van der Waals surface area contributed by atoms with E-state index in [1.54, 1.807) is 11.3 Å². The zero-order chi connectivity index (χ0) is 15.2. The van der Waals surface area contributed by atoms with E-state index in [4.69, 9.17) is 0 Å². The molecule has 1 aromatic carbocycles. The second kappa shape index (κ2) is 8.01. The fourth-order valence-corrected chi connectivity index (χ4v) is 4.45. The number of hydrogen-bond acceptors (Lipinski definition) is 3. The van der Waals surface area contributed by atoms with Crippen molar-refractivity contribution in [1.29, 1.82) is 0 Å². The lowest BCUT2D eigenvalue weighted by atomic mass is 10.1. The lowest BCUT2D eigenvalue weighted by Crippen LogP contribution is -2.26. The number of nitrogens with one attached hydrogen (secondary N) is 1. The molecule has 0 aliphatic rings. The number of amides is 1. The Morgan fingerprint density at radius 1 is 1.29 bits per heavy atom. The number of halogens is 1. The topological polar surface area (TPSA) is 29.1 Å². The third-order valence-corrected chi connectivity index (χ3v) is 5.85. The van der Waals surface area contributed by atoms with E-state index in [1.165, 1.54) is 14.2 Å². The molecule has 1 amide bonds. The van der Waals surface area contributed by atoms with Gasteiger partial charge < -0.3 is 5.32 Å². The molecule has 0 saturated carbocycles. The monoisotopic (exact) mass is 383 g/mol. The summed E-state index contributed by atoms with van der Waals surface area (Å²) in [6.45, 7) is 4.71. The molecule has 0 fully saturated rings. The molecule has 0 bridgehead atoms. The Morgan fingerprint density at radius 2 is 2.10 bits per heavy atom. The number of aryl methyl sites for hydroxylation is 2. The molecule has 21 heavy (non-hydrogen) atoms. The van der Waals surface area contributed by atoms with Crippen LogP contribution in [0.25, 0.3) is 0 Å². The fraction of sp³-hybridized carbons (Fsp3) is 0.312. The van der Waals surface area contributed by atoms with E-state index in [0.29, 0.717) is 6.54 Å². The minimum atomic E-state index is 0.0203. The van der Waals surface area contributed by atoms with Crippen LogP contribution in [0.5, 0.6) is 0 Å². The van der Waals surface area contributed by atoms with Gasteiger partial charge in [0, 0.05) is 28.5 Å². The number of benzene rings is 1. The third kappa shape index (κ3) is 5.16. The van der Waals surface area contributed by atoms with Crippen LogP contribution in [0.15, 0.2) is 34.1 Å². The van der Waals surface area contributed by atoms with E-state index >= 15 is 0 Å². The number of thioether (sulfide) groups is 1. The van der Waals surface area contributed by atoms with Crippen LogP contribution in [0.2, 0.25) is 0 Å². The summed E-state index contributed by atoms with van der Waals surface area (Å²) in [4.78, 5) is 13.4. The fourth-order valence-electron chi connectivity index (χ4n) is 2.00. The van der Waals surface area contributed by atoms with E-state index in [2.05, 4.69) is 33.4 Å². The lowest BCUT2D eigenvalue weighted by Gasteiger charge is -2.08. The Balaban J connectivity index is 1.72. The van der Waals surface area contributed by atoms with Crippen molar-refractivity contribution in [2.24, 2.45) is 0 Å². The molecule has 112 valence electrons. The van der Waals surface area contributed by atoms with E-state index in [0.717, 1.165) is 22.6 Å². The first-order chi connectivity index (χ1) is 10.1. The third-order valence-electron chi connectivity index (χ3n) is 3.03. The predicted molar refractivity (Wildman–Crippen MR) is 96.4 cm³/mol. The molecule has 0 unspecified atom stereocenters. The molecule has 0 aliphatic heterocycles. The zero-order valence-corrected chi connectivity index (χ0v) is 15.3. The van der Waals surface area contributed by atoms with Gasteiger partial charge in [0.25, 0.3) is 5.91 Å². The highest BCUT2D eigenvalue weighted by molar-refractivity contribution is 9.11. The maximum absolute atomic E-state index is 12.1. The summed E-state index contributed by atoms with van der Waals surface area (Å²) in [6, 6.07) is 10.1. The molecule has 0 radical (unpaired) electrons. The highest BCUT2D eigenvalue weighted by atomic mass is 79.9. The summed E-state index contributed by atoms with van der Waals surface area (Å²) in [5, 5.41) is 2.99. The molecule has 2 aromatic rings. The minimum Gasteiger partial charge on any atom is -0.351 e. The molecule has 1 N–H and O–H groups in total. The van der Waals surface area contributed by atoms with Crippen molar-refractivity contribution >= 4 is 44.9 Å². The van der Waals surface area contributed by atoms with Crippen molar-refractivity contribution in [3.8, 4) is 0 Å². The molecule has 0 aliphatic carbocycles. The molecule has 1 aromatic heterocycles. The van der Waals surface area contributed by atoms with Crippen molar-refractivity contribution in [3.63, 3.8) is 0 Å². The second-order valence-electron chi connectivity index (χ2n) is 4.83. The highest BCUT2D eigenvalue weighted by Crippen LogP contribution is 2.25. The molecular weight excluding hydrogens is 366 g/mol. The summed E-state index contributed by atoms with van der Waals surface area (Å²) in [5.41, 5.74) is 2.98. The normalized spacial score (nSPS) is 10.6. The first-order valence-corrected chi connectivity index (χ1v) is 9.50. The van der Waals surface area contributed by atoms with Gasteiger partial charge in [-0.1, -0.05) is 17.7 Å². The van der Waals surface area contributed by atoms with Gasteiger partial charge in [0.15, 0.2) is 0 Å². The van der Waals surface area contributed by atoms with Crippen LogP contribution in [-0.4, -0.2) is 18.2 Å². The van der Waals surface area contributed by atoms with Gasteiger partial charge in [-0.05, 0) is 53.5 Å². The van der Waals surface area contributed by atoms with Crippen LogP contribution in [-0.2, 0) is 5.75 Å². The number of rotatable bonds is 6. The number of hydrogen-bond donors (Lipinski definition) is 1. The average molecular weight is 384 g/mol. The SMILES string of the molecule is Cc1ccc(C(=O)NCCSCc2ccc(Br)s2)c(C)c1. The van der Waals surface area contributed by atoms with Gasteiger partial charge in [-0.2, -0.15) is 11.8 Å². The van der Waals surface area contributed by atoms with Crippen LogP contribution < -0.4 is 5.32 Å². The molecule has 0 atom stereocenters. The maximum atomic E-state index is 12.1. The number of carbonyl (C=O) groups is 1. The van der Waals surface area contributed by atoms with Crippen molar-refractivity contribution in [1.82, 2.24) is 5.32 Å². The van der Waals surface area contributed by atoms with Gasteiger partial charge in [0.1, 0.15) is 0 Å². The Labute approximate surface area is 142 Å². The molecule has 1 heterocycles. The highest BCUT2D eigenvalue weighted by Gasteiger charge is 2.08. The zero-order valence-electron chi connectivity index (χ0n) is 12.1. The summed E-state index contributed by atoms with van der Waals surface area (Å²) in [7, 11) is 0. The number of thiophene rings is 1. The summed E-state index contributed by atoms with van der Waals surface area (Å²) in [6.07, 6.45) is 0. The standard InChI is InChI=1S/C16H18BrNOS2/c1-11-3-5-14(12(2)9-11)16(19)18-7-8-20-10-13-4-6-15(17)21-13/h3-6,9H,7-8,10H2,1-2H3,(H,18,19). The Bertz CT molecular complexity index is 624. The molecule has 5 heteroatoms. The molecule has 2 rings (SSSR count). The van der Waals surface area contributed by atoms with Crippen LogP contribution >= 0.6 is 39.0 Å². The Morgan fingerprint density at radius 3 is 2.76 bits per heavy atom. The minimum absolute atomic E-state index is 0.0203.